The van der Waals surface area contributed by atoms with Crippen molar-refractivity contribution in [2.75, 3.05) is 0 Å². The molecule has 1 aromatic heterocycles. The topological polar surface area (TPSA) is 4.93 Å². The van der Waals surface area contributed by atoms with E-state index in [-0.39, 0.29) is 5.54 Å². The predicted molar refractivity (Wildman–Crippen MR) is 77.0 cm³/mol. The molecule has 17 heavy (non-hydrogen) atoms. The van der Waals surface area contributed by atoms with Crippen LogP contribution in [-0.4, -0.2) is 4.57 Å². The summed E-state index contributed by atoms with van der Waals surface area (Å²) in [6, 6.07) is 0. The van der Waals surface area contributed by atoms with Crippen LogP contribution in [0, 0.1) is 0 Å². The summed E-state index contributed by atoms with van der Waals surface area (Å²) >= 11 is 24.4. The molecule has 2 aromatic rings. The summed E-state index contributed by atoms with van der Waals surface area (Å²) in [5.41, 5.74) is -0.0510. The second-order valence-corrected chi connectivity index (χ2v) is 6.43. The first-order valence-electron chi connectivity index (χ1n) is 5.07. The van der Waals surface area contributed by atoms with Crippen molar-refractivity contribution in [2.45, 2.75) is 26.3 Å². The monoisotopic (exact) mass is 309 g/mol. The van der Waals surface area contributed by atoms with Crippen LogP contribution in [-0.2, 0) is 5.54 Å². The molecule has 0 N–H and O–H groups in total. The van der Waals surface area contributed by atoms with E-state index in [4.69, 9.17) is 46.4 Å². The van der Waals surface area contributed by atoms with E-state index in [1.165, 1.54) is 0 Å². The third kappa shape index (κ3) is 2.15. The van der Waals surface area contributed by atoms with Crippen molar-refractivity contribution in [3.8, 4) is 0 Å². The first-order valence-corrected chi connectivity index (χ1v) is 6.59. The molecule has 0 fully saturated rings. The van der Waals surface area contributed by atoms with Gasteiger partial charge in [0.1, 0.15) is 0 Å². The van der Waals surface area contributed by atoms with Crippen molar-refractivity contribution >= 4 is 57.2 Å². The highest BCUT2D eigenvalue weighted by Gasteiger charge is 2.20. The van der Waals surface area contributed by atoms with Crippen LogP contribution in [0.25, 0.3) is 10.8 Å². The van der Waals surface area contributed by atoms with Gasteiger partial charge in [0.2, 0.25) is 0 Å². The molecule has 2 rings (SSSR count). The number of rotatable bonds is 0. The average molecular weight is 311 g/mol. The molecule has 0 saturated carbocycles. The minimum absolute atomic E-state index is 0.0510. The number of hydrogen-bond acceptors (Lipinski definition) is 0. The fraction of sp³-hybridized carbons (Fsp3) is 0.333. The van der Waals surface area contributed by atoms with Crippen LogP contribution in [0.1, 0.15) is 20.8 Å². The Morgan fingerprint density at radius 2 is 1.12 bits per heavy atom. The first-order chi connectivity index (χ1) is 7.73. The minimum atomic E-state index is -0.0510. The normalized spacial score (nSPS) is 12.4. The van der Waals surface area contributed by atoms with Gasteiger partial charge in [-0.25, -0.2) is 0 Å². The van der Waals surface area contributed by atoms with Gasteiger partial charge in [-0.1, -0.05) is 46.4 Å². The Balaban J connectivity index is 2.86. The molecular formula is C12H11Cl4N. The van der Waals surface area contributed by atoms with Crippen molar-refractivity contribution in [3.63, 3.8) is 0 Å². The molecule has 0 radical (unpaired) electrons. The summed E-state index contributed by atoms with van der Waals surface area (Å²) in [6.45, 7) is 6.28. The van der Waals surface area contributed by atoms with E-state index in [0.717, 1.165) is 10.8 Å². The van der Waals surface area contributed by atoms with E-state index in [0.29, 0.717) is 20.1 Å². The molecular weight excluding hydrogens is 300 g/mol. The van der Waals surface area contributed by atoms with Gasteiger partial charge in [-0.15, -0.1) is 0 Å². The molecule has 0 saturated heterocycles. The molecule has 1 heterocycles. The lowest BCUT2D eigenvalue weighted by atomic mass is 10.1. The first kappa shape index (κ1) is 13.4. The smallest absolute Gasteiger partial charge is 0.0800 e. The van der Waals surface area contributed by atoms with Crippen molar-refractivity contribution in [3.05, 3.63) is 32.5 Å². The van der Waals surface area contributed by atoms with Crippen LogP contribution in [0.15, 0.2) is 12.4 Å². The lowest BCUT2D eigenvalue weighted by molar-refractivity contribution is 0.399. The summed E-state index contributed by atoms with van der Waals surface area (Å²) in [7, 11) is 0. The zero-order chi connectivity index (χ0) is 13.0. The third-order valence-electron chi connectivity index (χ3n) is 2.65. The van der Waals surface area contributed by atoms with Crippen LogP contribution >= 0.6 is 46.4 Å². The molecule has 0 atom stereocenters. The Hall–Kier alpha value is -0.0800. The van der Waals surface area contributed by atoms with Gasteiger partial charge in [0.25, 0.3) is 0 Å². The molecule has 1 nitrogen and oxygen atoms in total. The Morgan fingerprint density at radius 3 is 1.41 bits per heavy atom. The number of aromatic nitrogens is 1. The molecule has 0 amide bonds. The highest BCUT2D eigenvalue weighted by atomic mass is 35.5. The lowest BCUT2D eigenvalue weighted by Gasteiger charge is -2.20. The van der Waals surface area contributed by atoms with Crippen molar-refractivity contribution in [1.82, 2.24) is 4.57 Å². The lowest BCUT2D eigenvalue weighted by Crippen LogP contribution is -2.19. The zero-order valence-corrected chi connectivity index (χ0v) is 12.6. The zero-order valence-electron chi connectivity index (χ0n) is 9.61. The van der Waals surface area contributed by atoms with Crippen LogP contribution < -0.4 is 0 Å². The number of nitrogens with zero attached hydrogens (tertiary/aromatic N) is 1. The molecule has 92 valence electrons. The molecule has 0 spiro atoms. The van der Waals surface area contributed by atoms with Gasteiger partial charge < -0.3 is 4.57 Å². The summed E-state index contributed by atoms with van der Waals surface area (Å²) in [4.78, 5) is 0. The van der Waals surface area contributed by atoms with Crippen LogP contribution in [0.2, 0.25) is 20.1 Å². The molecule has 5 heteroatoms. The van der Waals surface area contributed by atoms with E-state index in [1.807, 2.05) is 17.0 Å². The summed E-state index contributed by atoms with van der Waals surface area (Å²) in [5, 5.41) is 3.13. The third-order valence-corrected chi connectivity index (χ3v) is 4.48. The maximum Gasteiger partial charge on any atom is 0.0800 e. The highest BCUT2D eigenvalue weighted by Crippen LogP contribution is 2.43. The fourth-order valence-corrected chi connectivity index (χ4v) is 2.60. The number of hydrogen-bond donors (Lipinski definition) is 0. The molecule has 1 aromatic carbocycles. The van der Waals surface area contributed by atoms with E-state index >= 15 is 0 Å². The quantitative estimate of drug-likeness (QED) is 0.415. The molecule has 0 unspecified atom stereocenters. The largest absolute Gasteiger partial charge is 0.348 e. The Labute approximate surface area is 120 Å². The average Bonchev–Trinajstić information content (AvgIpc) is 2.67. The Morgan fingerprint density at radius 1 is 0.765 bits per heavy atom. The molecule has 0 bridgehead atoms. The van der Waals surface area contributed by atoms with Crippen molar-refractivity contribution in [2.24, 2.45) is 0 Å². The molecule has 0 aliphatic carbocycles. The van der Waals surface area contributed by atoms with Gasteiger partial charge in [-0.3, -0.25) is 0 Å². The fourth-order valence-electron chi connectivity index (χ4n) is 1.62. The SMILES string of the molecule is CC(C)(C)n1cc2c(Cl)c(Cl)c(Cl)c(Cl)c2c1. The second kappa shape index (κ2) is 4.24. The second-order valence-electron chi connectivity index (χ2n) is 4.92. The van der Waals surface area contributed by atoms with Crippen molar-refractivity contribution < 1.29 is 0 Å². The van der Waals surface area contributed by atoms with Crippen LogP contribution in [0.4, 0.5) is 0 Å². The van der Waals surface area contributed by atoms with Crippen LogP contribution in [0.3, 0.4) is 0 Å². The highest BCUT2D eigenvalue weighted by molar-refractivity contribution is 6.55. The minimum Gasteiger partial charge on any atom is -0.348 e. The van der Waals surface area contributed by atoms with Gasteiger partial charge in [-0.05, 0) is 20.8 Å². The number of fused-ring (bicyclic) bond motifs is 1. The Kier molecular flexibility index (Phi) is 3.33. The number of halogens is 4. The van der Waals surface area contributed by atoms with Crippen molar-refractivity contribution in [1.29, 1.82) is 0 Å². The van der Waals surface area contributed by atoms with E-state index in [2.05, 4.69) is 20.8 Å². The summed E-state index contributed by atoms with van der Waals surface area (Å²) < 4.78 is 2.04. The van der Waals surface area contributed by atoms with Crippen LogP contribution in [0.5, 0.6) is 0 Å². The van der Waals surface area contributed by atoms with Gasteiger partial charge in [0.15, 0.2) is 0 Å². The van der Waals surface area contributed by atoms with Gasteiger partial charge in [0, 0.05) is 28.7 Å². The van der Waals surface area contributed by atoms with E-state index < -0.39 is 0 Å². The van der Waals surface area contributed by atoms with Gasteiger partial charge >= 0.3 is 0 Å². The van der Waals surface area contributed by atoms with Gasteiger partial charge in [-0.2, -0.15) is 0 Å². The standard InChI is InChI=1S/C12H11Cl4N/c1-12(2,3)17-4-6-7(5-17)9(14)11(16)10(15)8(6)13/h4-5H,1-3H3. The van der Waals surface area contributed by atoms with E-state index in [9.17, 15) is 0 Å². The maximum atomic E-state index is 6.18. The molecule has 0 aliphatic rings. The summed E-state index contributed by atoms with van der Waals surface area (Å²) in [5.74, 6) is 0. The Bertz CT molecular complexity index is 548. The van der Waals surface area contributed by atoms with E-state index in [1.54, 1.807) is 0 Å². The summed E-state index contributed by atoms with van der Waals surface area (Å²) in [6.07, 6.45) is 3.87. The molecule has 0 aliphatic heterocycles. The number of benzene rings is 1. The predicted octanol–water partition coefficient (Wildman–Crippen LogP) is 6.01. The van der Waals surface area contributed by atoms with Gasteiger partial charge in [0.05, 0.1) is 20.1 Å². The maximum absolute atomic E-state index is 6.18.